The summed E-state index contributed by atoms with van der Waals surface area (Å²) in [6, 6.07) is 6.33. The third kappa shape index (κ3) is 3.88. The maximum Gasteiger partial charge on any atom is 0.148 e. The lowest BCUT2D eigenvalue weighted by Crippen LogP contribution is -2.29. The van der Waals surface area contributed by atoms with Gasteiger partial charge in [0.05, 0.1) is 0 Å². The summed E-state index contributed by atoms with van der Waals surface area (Å²) in [5, 5.41) is 0. The average Bonchev–Trinajstić information content (AvgIpc) is 2.48. The van der Waals surface area contributed by atoms with Crippen LogP contribution in [0.25, 0.3) is 0 Å². The van der Waals surface area contributed by atoms with E-state index < -0.39 is 0 Å². The quantitative estimate of drug-likeness (QED) is 0.579. The predicted octanol–water partition coefficient (Wildman–Crippen LogP) is 3.41. The molecule has 2 rings (SSSR count). The third-order valence-electron chi connectivity index (χ3n) is 3.68. The normalized spacial score (nSPS) is 15.6. The zero-order valence-electron chi connectivity index (χ0n) is 12.1. The summed E-state index contributed by atoms with van der Waals surface area (Å²) in [6.45, 7) is 7.45. The number of likely N-dealkylation sites (tertiary alicyclic amines) is 1. The van der Waals surface area contributed by atoms with Gasteiger partial charge in [-0.15, -0.1) is 13.0 Å². The fourth-order valence-electron chi connectivity index (χ4n) is 2.74. The van der Waals surface area contributed by atoms with Crippen LogP contribution in [0, 0.1) is 12.3 Å². The lowest BCUT2D eigenvalue weighted by molar-refractivity contribution is 0.217. The predicted molar refractivity (Wildman–Crippen MR) is 83.8 cm³/mol. The van der Waals surface area contributed by atoms with E-state index in [1.807, 2.05) is 6.08 Å². The van der Waals surface area contributed by atoms with Crippen molar-refractivity contribution < 1.29 is 4.74 Å². The van der Waals surface area contributed by atoms with Crippen molar-refractivity contribution in [1.29, 1.82) is 0 Å². The third-order valence-corrected chi connectivity index (χ3v) is 3.68. The molecule has 0 spiro atoms. The molecule has 2 heteroatoms. The van der Waals surface area contributed by atoms with E-state index in [0.29, 0.717) is 6.61 Å². The Hall–Kier alpha value is -1.72. The van der Waals surface area contributed by atoms with Crippen LogP contribution in [-0.2, 0) is 13.0 Å². The smallest absolute Gasteiger partial charge is 0.148 e. The first kappa shape index (κ1) is 14.7. The molecule has 20 heavy (non-hydrogen) atoms. The molecule has 0 aromatic heterocycles. The van der Waals surface area contributed by atoms with Gasteiger partial charge in [0.2, 0.25) is 0 Å². The fraction of sp³-hybridized carbons (Fsp3) is 0.444. The molecule has 0 amide bonds. The Kier molecular flexibility index (Phi) is 5.70. The van der Waals surface area contributed by atoms with Crippen molar-refractivity contribution in [2.45, 2.75) is 32.2 Å². The topological polar surface area (TPSA) is 12.5 Å². The first-order chi connectivity index (χ1) is 9.85. The van der Waals surface area contributed by atoms with E-state index in [-0.39, 0.29) is 0 Å². The molecule has 106 valence electrons. The van der Waals surface area contributed by atoms with Gasteiger partial charge in [-0.2, -0.15) is 0 Å². The first-order valence-corrected chi connectivity index (χ1v) is 7.35. The van der Waals surface area contributed by atoms with Gasteiger partial charge in [-0.3, -0.25) is 4.90 Å². The minimum Gasteiger partial charge on any atom is -0.480 e. The summed E-state index contributed by atoms with van der Waals surface area (Å²) in [4.78, 5) is 2.50. The van der Waals surface area contributed by atoms with Gasteiger partial charge in [-0.05, 0) is 37.9 Å². The number of ether oxygens (including phenoxy) is 1. The largest absolute Gasteiger partial charge is 0.480 e. The summed E-state index contributed by atoms with van der Waals surface area (Å²) < 4.78 is 5.80. The zero-order chi connectivity index (χ0) is 14.2. The van der Waals surface area contributed by atoms with Gasteiger partial charge in [0, 0.05) is 12.1 Å². The van der Waals surface area contributed by atoms with Crippen LogP contribution < -0.4 is 4.74 Å². The molecule has 1 saturated heterocycles. The molecule has 0 saturated carbocycles. The van der Waals surface area contributed by atoms with Gasteiger partial charge in [0.1, 0.15) is 12.4 Å². The molecule has 2 nitrogen and oxygen atoms in total. The molecule has 1 aliphatic rings. The molecule has 1 heterocycles. The number of benzene rings is 1. The van der Waals surface area contributed by atoms with Crippen LogP contribution in [-0.4, -0.2) is 24.6 Å². The van der Waals surface area contributed by atoms with Gasteiger partial charge in [-0.25, -0.2) is 0 Å². The Labute approximate surface area is 122 Å². The minimum atomic E-state index is 0.321. The molecule has 0 radical (unpaired) electrons. The van der Waals surface area contributed by atoms with Gasteiger partial charge < -0.3 is 4.74 Å². The average molecular weight is 269 g/mol. The summed E-state index contributed by atoms with van der Waals surface area (Å²) in [7, 11) is 0. The van der Waals surface area contributed by atoms with E-state index in [0.717, 1.165) is 18.7 Å². The van der Waals surface area contributed by atoms with Crippen LogP contribution in [0.2, 0.25) is 0 Å². The van der Waals surface area contributed by atoms with Gasteiger partial charge in [0.25, 0.3) is 0 Å². The molecule has 0 atom stereocenters. The Bertz CT molecular complexity index is 481. The number of allylic oxidation sites excluding steroid dienone is 1. The molecule has 1 aromatic rings. The van der Waals surface area contributed by atoms with Crippen molar-refractivity contribution in [3.63, 3.8) is 0 Å². The summed E-state index contributed by atoms with van der Waals surface area (Å²) >= 11 is 0. The number of terminal acetylenes is 1. The Morgan fingerprint density at radius 3 is 2.70 bits per heavy atom. The number of para-hydroxylation sites is 1. The standard InChI is InChI=1S/C18H23NO/c1-3-9-16-10-8-11-17(18(16)20-14-4-2)15-19-12-6-5-7-13-19/h2-3,8,10-11H,1,5-7,9,12-15H2. The van der Waals surface area contributed by atoms with Gasteiger partial charge in [0.15, 0.2) is 0 Å². The highest BCUT2D eigenvalue weighted by molar-refractivity contribution is 5.42. The van der Waals surface area contributed by atoms with Crippen LogP contribution in [0.15, 0.2) is 30.9 Å². The summed E-state index contributed by atoms with van der Waals surface area (Å²) in [5.41, 5.74) is 2.41. The fourth-order valence-corrected chi connectivity index (χ4v) is 2.74. The monoisotopic (exact) mass is 269 g/mol. The van der Waals surface area contributed by atoms with Crippen molar-refractivity contribution >= 4 is 0 Å². The van der Waals surface area contributed by atoms with E-state index in [9.17, 15) is 0 Å². The Morgan fingerprint density at radius 2 is 2.00 bits per heavy atom. The highest BCUT2D eigenvalue weighted by Gasteiger charge is 2.15. The number of hydrogen-bond donors (Lipinski definition) is 0. The van der Waals surface area contributed by atoms with E-state index in [4.69, 9.17) is 11.2 Å². The maximum atomic E-state index is 5.80. The maximum absolute atomic E-state index is 5.80. The van der Waals surface area contributed by atoms with Gasteiger partial charge in [-0.1, -0.05) is 36.6 Å². The second kappa shape index (κ2) is 7.77. The highest BCUT2D eigenvalue weighted by atomic mass is 16.5. The van der Waals surface area contributed by atoms with Crippen LogP contribution >= 0.6 is 0 Å². The van der Waals surface area contributed by atoms with Crippen molar-refractivity contribution in [2.24, 2.45) is 0 Å². The van der Waals surface area contributed by atoms with Crippen LogP contribution in [0.5, 0.6) is 5.75 Å². The number of nitrogens with zero attached hydrogens (tertiary/aromatic N) is 1. The second-order valence-corrected chi connectivity index (χ2v) is 5.23. The number of piperidine rings is 1. The van der Waals surface area contributed by atoms with Gasteiger partial charge >= 0.3 is 0 Å². The molecule has 1 fully saturated rings. The molecule has 1 aromatic carbocycles. The van der Waals surface area contributed by atoms with Crippen molar-refractivity contribution in [1.82, 2.24) is 4.90 Å². The van der Waals surface area contributed by atoms with E-state index in [1.54, 1.807) is 0 Å². The second-order valence-electron chi connectivity index (χ2n) is 5.23. The van der Waals surface area contributed by atoms with E-state index in [1.165, 1.54) is 43.5 Å². The van der Waals surface area contributed by atoms with Crippen LogP contribution in [0.4, 0.5) is 0 Å². The summed E-state index contributed by atoms with van der Waals surface area (Å²) in [6.07, 6.45) is 12.0. The molecule has 0 bridgehead atoms. The molecule has 0 unspecified atom stereocenters. The zero-order valence-corrected chi connectivity index (χ0v) is 12.1. The van der Waals surface area contributed by atoms with Crippen LogP contribution in [0.1, 0.15) is 30.4 Å². The molecule has 0 aliphatic carbocycles. The minimum absolute atomic E-state index is 0.321. The van der Waals surface area contributed by atoms with Crippen molar-refractivity contribution in [2.75, 3.05) is 19.7 Å². The molecular weight excluding hydrogens is 246 g/mol. The Balaban J connectivity index is 2.18. The molecule has 1 aliphatic heterocycles. The number of rotatable bonds is 6. The first-order valence-electron chi connectivity index (χ1n) is 7.35. The van der Waals surface area contributed by atoms with E-state index in [2.05, 4.69) is 35.6 Å². The van der Waals surface area contributed by atoms with E-state index >= 15 is 0 Å². The van der Waals surface area contributed by atoms with Crippen LogP contribution in [0.3, 0.4) is 0 Å². The molecule has 0 N–H and O–H groups in total. The lowest BCUT2D eigenvalue weighted by atomic mass is 10.0. The molecular formula is C18H23NO. The Morgan fingerprint density at radius 1 is 1.25 bits per heavy atom. The highest BCUT2D eigenvalue weighted by Crippen LogP contribution is 2.27. The SMILES string of the molecule is C#CCOc1c(CC=C)cccc1CN1CCCCC1. The number of hydrogen-bond acceptors (Lipinski definition) is 2. The summed E-state index contributed by atoms with van der Waals surface area (Å²) in [5.74, 6) is 3.51. The van der Waals surface area contributed by atoms with Crippen molar-refractivity contribution in [3.8, 4) is 18.1 Å². The van der Waals surface area contributed by atoms with Crippen molar-refractivity contribution in [3.05, 3.63) is 42.0 Å². The lowest BCUT2D eigenvalue weighted by Gasteiger charge is -2.27.